The van der Waals surface area contributed by atoms with Crippen LogP contribution >= 0.6 is 0 Å². The summed E-state index contributed by atoms with van der Waals surface area (Å²) < 4.78 is 10.1. The quantitative estimate of drug-likeness (QED) is 0.582. The summed E-state index contributed by atoms with van der Waals surface area (Å²) in [5, 5.41) is 1.93. The van der Waals surface area contributed by atoms with Gasteiger partial charge in [0.2, 0.25) is 0 Å². The van der Waals surface area contributed by atoms with Gasteiger partial charge in [-0.2, -0.15) is 0 Å². The first-order valence-electron chi connectivity index (χ1n) is 5.53. The maximum absolute atomic E-state index is 11.4. The predicted octanol–water partition coefficient (Wildman–Crippen LogP) is 3.76. The zero-order chi connectivity index (χ0) is 12.3. The van der Waals surface area contributed by atoms with Crippen molar-refractivity contribution in [2.75, 3.05) is 0 Å². The molecule has 0 N–H and O–H groups in total. The van der Waals surface area contributed by atoms with Crippen LogP contribution in [0.1, 0.15) is 13.8 Å². The van der Waals surface area contributed by atoms with E-state index in [-0.39, 0.29) is 6.10 Å². The lowest BCUT2D eigenvalue weighted by molar-refractivity contribution is 0.0733. The number of carbonyl (C=O) groups excluding carboxylic acids is 1. The predicted molar refractivity (Wildman–Crippen MR) is 66.2 cm³/mol. The Labute approximate surface area is 100.0 Å². The van der Waals surface area contributed by atoms with Crippen molar-refractivity contribution in [2.45, 2.75) is 20.0 Å². The van der Waals surface area contributed by atoms with Gasteiger partial charge in [-0.1, -0.05) is 36.4 Å². The zero-order valence-electron chi connectivity index (χ0n) is 9.84. The van der Waals surface area contributed by atoms with E-state index in [1.807, 2.05) is 36.4 Å². The minimum atomic E-state index is -0.670. The first-order valence-corrected chi connectivity index (χ1v) is 5.53. The third-order valence-corrected chi connectivity index (χ3v) is 2.27. The molecule has 0 fully saturated rings. The minimum Gasteiger partial charge on any atom is -0.431 e. The first-order chi connectivity index (χ1) is 8.16. The van der Waals surface area contributed by atoms with Gasteiger partial charge < -0.3 is 9.47 Å². The fourth-order valence-electron chi connectivity index (χ4n) is 1.59. The Morgan fingerprint density at radius 1 is 1.06 bits per heavy atom. The van der Waals surface area contributed by atoms with Crippen molar-refractivity contribution in [1.29, 1.82) is 0 Å². The standard InChI is InChI=1S/C14H14O3/c1-10(2)16-14(15)17-13-9-5-7-11-6-3-4-8-12(11)13/h3-10H,1-2H3. The fraction of sp³-hybridized carbons (Fsp3) is 0.214. The SMILES string of the molecule is CC(C)OC(=O)Oc1cccc2ccccc12. The third kappa shape index (κ3) is 2.75. The molecule has 0 aliphatic carbocycles. The Bertz CT molecular complexity index is 526. The minimum absolute atomic E-state index is 0.183. The van der Waals surface area contributed by atoms with E-state index >= 15 is 0 Å². The normalized spacial score (nSPS) is 10.5. The molecule has 0 aliphatic heterocycles. The molecule has 0 unspecified atom stereocenters. The number of fused-ring (bicyclic) bond motifs is 1. The largest absolute Gasteiger partial charge is 0.514 e. The second kappa shape index (κ2) is 4.87. The number of benzene rings is 2. The van der Waals surface area contributed by atoms with Gasteiger partial charge in [-0.15, -0.1) is 0 Å². The molecule has 2 aromatic carbocycles. The molecule has 3 heteroatoms. The molecule has 0 radical (unpaired) electrons. The Morgan fingerprint density at radius 2 is 1.76 bits per heavy atom. The molecule has 0 heterocycles. The molecular formula is C14H14O3. The van der Waals surface area contributed by atoms with Crippen LogP contribution in [0.2, 0.25) is 0 Å². The van der Waals surface area contributed by atoms with Gasteiger partial charge in [-0.05, 0) is 25.3 Å². The van der Waals surface area contributed by atoms with E-state index in [2.05, 4.69) is 0 Å². The Kier molecular flexibility index (Phi) is 3.28. The maximum atomic E-state index is 11.4. The number of rotatable bonds is 2. The summed E-state index contributed by atoms with van der Waals surface area (Å²) in [6, 6.07) is 13.3. The smallest absolute Gasteiger partial charge is 0.431 e. The van der Waals surface area contributed by atoms with E-state index < -0.39 is 6.16 Å². The van der Waals surface area contributed by atoms with Gasteiger partial charge in [0.1, 0.15) is 5.75 Å². The summed E-state index contributed by atoms with van der Waals surface area (Å²) in [5.74, 6) is 0.522. The highest BCUT2D eigenvalue weighted by molar-refractivity contribution is 5.89. The zero-order valence-corrected chi connectivity index (χ0v) is 9.84. The lowest BCUT2D eigenvalue weighted by atomic mass is 10.1. The van der Waals surface area contributed by atoms with Crippen molar-refractivity contribution in [2.24, 2.45) is 0 Å². The van der Waals surface area contributed by atoms with E-state index in [0.29, 0.717) is 5.75 Å². The van der Waals surface area contributed by atoms with E-state index in [1.54, 1.807) is 19.9 Å². The summed E-state index contributed by atoms with van der Waals surface area (Å²) in [7, 11) is 0. The number of carbonyl (C=O) groups is 1. The van der Waals surface area contributed by atoms with Crippen LogP contribution in [0.15, 0.2) is 42.5 Å². The third-order valence-electron chi connectivity index (χ3n) is 2.27. The van der Waals surface area contributed by atoms with Crippen LogP contribution in [-0.4, -0.2) is 12.3 Å². The molecule has 2 rings (SSSR count). The van der Waals surface area contributed by atoms with E-state index in [4.69, 9.17) is 9.47 Å². The van der Waals surface area contributed by atoms with Crippen molar-refractivity contribution >= 4 is 16.9 Å². The summed E-state index contributed by atoms with van der Waals surface area (Å²) in [6.45, 7) is 3.56. The van der Waals surface area contributed by atoms with Gasteiger partial charge in [0.25, 0.3) is 0 Å². The van der Waals surface area contributed by atoms with E-state index in [0.717, 1.165) is 10.8 Å². The highest BCUT2D eigenvalue weighted by Crippen LogP contribution is 2.25. The van der Waals surface area contributed by atoms with Crippen molar-refractivity contribution in [1.82, 2.24) is 0 Å². The van der Waals surface area contributed by atoms with Crippen LogP contribution in [0, 0.1) is 0 Å². The van der Waals surface area contributed by atoms with Crippen LogP contribution < -0.4 is 4.74 Å². The summed E-state index contributed by atoms with van der Waals surface area (Å²) in [4.78, 5) is 11.4. The number of ether oxygens (including phenoxy) is 2. The van der Waals surface area contributed by atoms with Crippen LogP contribution in [0.5, 0.6) is 5.75 Å². The van der Waals surface area contributed by atoms with Crippen LogP contribution in [0.4, 0.5) is 4.79 Å². The van der Waals surface area contributed by atoms with Gasteiger partial charge >= 0.3 is 6.16 Å². The highest BCUT2D eigenvalue weighted by Gasteiger charge is 2.10. The Balaban J connectivity index is 2.27. The molecule has 0 amide bonds. The topological polar surface area (TPSA) is 35.5 Å². The summed E-state index contributed by atoms with van der Waals surface area (Å²) in [6.07, 6.45) is -0.853. The van der Waals surface area contributed by atoms with Crippen molar-refractivity contribution in [3.8, 4) is 5.75 Å². The van der Waals surface area contributed by atoms with Gasteiger partial charge in [0.05, 0.1) is 6.10 Å². The van der Waals surface area contributed by atoms with Crippen LogP contribution in [0.3, 0.4) is 0 Å². The maximum Gasteiger partial charge on any atom is 0.514 e. The molecule has 0 bridgehead atoms. The van der Waals surface area contributed by atoms with Gasteiger partial charge in [0.15, 0.2) is 0 Å². The molecule has 0 saturated carbocycles. The monoisotopic (exact) mass is 230 g/mol. The summed E-state index contributed by atoms with van der Waals surface area (Å²) >= 11 is 0. The van der Waals surface area contributed by atoms with Crippen molar-refractivity contribution in [3.05, 3.63) is 42.5 Å². The average Bonchev–Trinajstić information content (AvgIpc) is 2.28. The highest BCUT2D eigenvalue weighted by atomic mass is 16.7. The average molecular weight is 230 g/mol. The molecule has 17 heavy (non-hydrogen) atoms. The fourth-order valence-corrected chi connectivity index (χ4v) is 1.59. The van der Waals surface area contributed by atoms with E-state index in [9.17, 15) is 4.79 Å². The lowest BCUT2D eigenvalue weighted by Crippen LogP contribution is -2.15. The van der Waals surface area contributed by atoms with Crippen molar-refractivity contribution < 1.29 is 14.3 Å². The summed E-state index contributed by atoms with van der Waals surface area (Å²) in [5.41, 5.74) is 0. The van der Waals surface area contributed by atoms with Gasteiger partial charge in [-0.25, -0.2) is 4.79 Å². The Hall–Kier alpha value is -2.03. The van der Waals surface area contributed by atoms with E-state index in [1.165, 1.54) is 0 Å². The molecule has 0 saturated heterocycles. The molecular weight excluding hydrogens is 216 g/mol. The van der Waals surface area contributed by atoms with Gasteiger partial charge in [-0.3, -0.25) is 0 Å². The van der Waals surface area contributed by atoms with Crippen LogP contribution in [-0.2, 0) is 4.74 Å². The number of hydrogen-bond acceptors (Lipinski definition) is 3. The molecule has 0 atom stereocenters. The number of hydrogen-bond donors (Lipinski definition) is 0. The second-order valence-corrected chi connectivity index (χ2v) is 4.00. The Morgan fingerprint density at radius 3 is 2.53 bits per heavy atom. The molecule has 0 aliphatic rings. The van der Waals surface area contributed by atoms with Crippen LogP contribution in [0.25, 0.3) is 10.8 Å². The first kappa shape index (κ1) is 11.5. The molecule has 3 nitrogen and oxygen atoms in total. The second-order valence-electron chi connectivity index (χ2n) is 4.00. The van der Waals surface area contributed by atoms with Crippen molar-refractivity contribution in [3.63, 3.8) is 0 Å². The lowest BCUT2D eigenvalue weighted by Gasteiger charge is -2.09. The molecule has 0 aromatic heterocycles. The molecule has 88 valence electrons. The van der Waals surface area contributed by atoms with Gasteiger partial charge in [0, 0.05) is 5.39 Å². The molecule has 0 spiro atoms. The molecule has 2 aromatic rings.